The van der Waals surface area contributed by atoms with Crippen LogP contribution in [0.15, 0.2) is 51.0 Å². The molecular weight excluding hydrogens is 418 g/mol. The van der Waals surface area contributed by atoms with Gasteiger partial charge in [-0.1, -0.05) is 23.4 Å². The molecule has 29 heavy (non-hydrogen) atoms. The first-order valence-electron chi connectivity index (χ1n) is 8.66. The molecule has 1 aromatic carbocycles. The van der Waals surface area contributed by atoms with Crippen LogP contribution in [0.3, 0.4) is 0 Å². The number of hydrogen-bond acceptors (Lipinski definition) is 8. The van der Waals surface area contributed by atoms with Crippen molar-refractivity contribution in [2.24, 2.45) is 4.99 Å². The number of carbonyl (C=O) groups is 1. The molecule has 0 saturated heterocycles. The van der Waals surface area contributed by atoms with E-state index in [1.807, 2.05) is 6.26 Å². The zero-order valence-corrected chi connectivity index (χ0v) is 17.5. The Balaban J connectivity index is 2.04. The number of thioether (sulfide) groups is 1. The lowest BCUT2D eigenvalue weighted by atomic mass is 10.0. The predicted molar refractivity (Wildman–Crippen MR) is 112 cm³/mol. The van der Waals surface area contributed by atoms with Crippen molar-refractivity contribution >= 4 is 40.2 Å². The molecule has 8 nitrogen and oxygen atoms in total. The van der Waals surface area contributed by atoms with Crippen LogP contribution in [-0.2, 0) is 9.53 Å². The Kier molecular flexibility index (Phi) is 6.29. The Morgan fingerprint density at radius 2 is 2.17 bits per heavy atom. The van der Waals surface area contributed by atoms with Gasteiger partial charge < -0.3 is 14.5 Å². The zero-order chi connectivity index (χ0) is 21.1. The fourth-order valence-electron chi connectivity index (χ4n) is 2.89. The Morgan fingerprint density at radius 1 is 1.41 bits per heavy atom. The number of rotatable bonds is 5. The molecule has 1 N–H and O–H groups in total. The van der Waals surface area contributed by atoms with Gasteiger partial charge in [-0.15, -0.1) is 0 Å². The van der Waals surface area contributed by atoms with Gasteiger partial charge in [-0.05, 0) is 38.3 Å². The largest absolute Gasteiger partial charge is 0.463 e. The molecule has 1 aromatic heterocycles. The van der Waals surface area contributed by atoms with Crippen molar-refractivity contribution in [1.82, 2.24) is 5.32 Å². The van der Waals surface area contributed by atoms with E-state index in [9.17, 15) is 14.9 Å². The maximum atomic E-state index is 12.5. The van der Waals surface area contributed by atoms with Crippen molar-refractivity contribution in [3.05, 3.63) is 62.5 Å². The van der Waals surface area contributed by atoms with E-state index in [2.05, 4.69) is 10.3 Å². The monoisotopic (exact) mass is 435 g/mol. The van der Waals surface area contributed by atoms with Crippen molar-refractivity contribution < 1.29 is 18.9 Å². The summed E-state index contributed by atoms with van der Waals surface area (Å²) in [6.45, 7) is 3.73. The summed E-state index contributed by atoms with van der Waals surface area (Å²) in [7, 11) is 0. The number of halogens is 1. The number of nitro groups is 1. The first-order chi connectivity index (χ1) is 13.8. The molecule has 0 unspecified atom stereocenters. The van der Waals surface area contributed by atoms with E-state index in [-0.39, 0.29) is 12.3 Å². The van der Waals surface area contributed by atoms with E-state index >= 15 is 0 Å². The minimum Gasteiger partial charge on any atom is -0.463 e. The van der Waals surface area contributed by atoms with Crippen LogP contribution in [0.25, 0.3) is 11.3 Å². The number of hydrogen-bond donors (Lipinski definition) is 1. The van der Waals surface area contributed by atoms with Gasteiger partial charge in [0.15, 0.2) is 5.17 Å². The number of benzene rings is 1. The molecule has 0 saturated carbocycles. The average Bonchev–Trinajstić information content (AvgIpc) is 3.17. The third kappa shape index (κ3) is 4.30. The Morgan fingerprint density at radius 3 is 2.83 bits per heavy atom. The number of esters is 1. The third-order valence-corrected chi connectivity index (χ3v) is 5.15. The summed E-state index contributed by atoms with van der Waals surface area (Å²) in [6, 6.07) is 6.73. The van der Waals surface area contributed by atoms with Gasteiger partial charge in [-0.2, -0.15) is 0 Å². The number of nitrogens with one attached hydrogen (secondary N) is 1. The van der Waals surface area contributed by atoms with Gasteiger partial charge in [0.25, 0.3) is 5.69 Å². The summed E-state index contributed by atoms with van der Waals surface area (Å²) in [5.41, 5.74) is 1.25. The highest BCUT2D eigenvalue weighted by atomic mass is 35.5. The van der Waals surface area contributed by atoms with Gasteiger partial charge in [0, 0.05) is 23.4 Å². The number of aliphatic imine (C=N–C) groups is 1. The van der Waals surface area contributed by atoms with Crippen LogP contribution in [0.4, 0.5) is 5.69 Å². The predicted octanol–water partition coefficient (Wildman–Crippen LogP) is 4.71. The number of non-ortho nitro benzene ring substituents is 1. The maximum Gasteiger partial charge on any atom is 0.338 e. The van der Waals surface area contributed by atoms with E-state index in [1.165, 1.54) is 30.0 Å². The number of amidine groups is 1. The van der Waals surface area contributed by atoms with Crippen LogP contribution in [0.1, 0.15) is 25.6 Å². The quantitative estimate of drug-likeness (QED) is 0.411. The lowest BCUT2D eigenvalue weighted by Gasteiger charge is -2.23. The Labute approximate surface area is 176 Å². The van der Waals surface area contributed by atoms with E-state index in [0.29, 0.717) is 38.5 Å². The van der Waals surface area contributed by atoms with Crippen LogP contribution in [0.2, 0.25) is 5.02 Å². The van der Waals surface area contributed by atoms with E-state index < -0.39 is 16.9 Å². The maximum absolute atomic E-state index is 12.5. The van der Waals surface area contributed by atoms with Gasteiger partial charge >= 0.3 is 5.97 Å². The van der Waals surface area contributed by atoms with E-state index in [4.69, 9.17) is 20.8 Å². The summed E-state index contributed by atoms with van der Waals surface area (Å²) in [5, 5.41) is 15.1. The SMILES string of the molecule is CCOC(=O)C1=C(C)NC(SC)=N[C@@H]1c1ccc(-c2cc([N+](=O)[O-])ccc2Cl)o1. The summed E-state index contributed by atoms with van der Waals surface area (Å²) in [5.74, 6) is 0.254. The first-order valence-corrected chi connectivity index (χ1v) is 10.3. The highest BCUT2D eigenvalue weighted by molar-refractivity contribution is 8.13. The van der Waals surface area contributed by atoms with Crippen LogP contribution >= 0.6 is 23.4 Å². The lowest BCUT2D eigenvalue weighted by Crippen LogP contribution is -2.30. The van der Waals surface area contributed by atoms with E-state index in [1.54, 1.807) is 26.0 Å². The lowest BCUT2D eigenvalue weighted by molar-refractivity contribution is -0.384. The number of allylic oxidation sites excluding steroid dienone is 1. The zero-order valence-electron chi connectivity index (χ0n) is 15.9. The summed E-state index contributed by atoms with van der Waals surface area (Å²) < 4.78 is 11.1. The fraction of sp³-hybridized carbons (Fsp3) is 0.263. The van der Waals surface area contributed by atoms with Gasteiger partial charge in [0.1, 0.15) is 17.6 Å². The molecule has 2 aromatic rings. The summed E-state index contributed by atoms with van der Waals surface area (Å²) >= 11 is 7.61. The number of furan rings is 1. The minimum absolute atomic E-state index is 0.102. The van der Waals surface area contributed by atoms with E-state index in [0.717, 1.165) is 0 Å². The minimum atomic E-state index is -0.705. The molecule has 2 heterocycles. The Bertz CT molecular complexity index is 1030. The van der Waals surface area contributed by atoms with Gasteiger partial charge in [0.2, 0.25) is 0 Å². The van der Waals surface area contributed by atoms with Gasteiger partial charge in [0.05, 0.1) is 22.1 Å². The van der Waals surface area contributed by atoms with Gasteiger partial charge in [-0.25, -0.2) is 9.79 Å². The van der Waals surface area contributed by atoms with Crippen LogP contribution in [-0.4, -0.2) is 28.9 Å². The topological polar surface area (TPSA) is 107 Å². The molecule has 1 aliphatic rings. The molecule has 3 rings (SSSR count). The number of carbonyl (C=O) groups excluding carboxylic acids is 1. The first kappa shape index (κ1) is 20.9. The van der Waals surface area contributed by atoms with Crippen molar-refractivity contribution in [2.75, 3.05) is 12.9 Å². The molecule has 10 heteroatoms. The second kappa shape index (κ2) is 8.71. The second-order valence-corrected chi connectivity index (χ2v) is 7.25. The molecule has 0 aliphatic carbocycles. The molecule has 0 amide bonds. The molecule has 152 valence electrons. The smallest absolute Gasteiger partial charge is 0.338 e. The normalized spacial score (nSPS) is 16.3. The van der Waals surface area contributed by atoms with Crippen LogP contribution in [0, 0.1) is 10.1 Å². The standard InChI is InChI=1S/C19H18ClN3O5S/c1-4-27-18(24)16-10(2)21-19(29-3)22-17(16)15-8-7-14(28-15)12-9-11(23(25)26)5-6-13(12)20/h5-9,17H,4H2,1-3H3,(H,21,22)/t17-/m1/s1. The second-order valence-electron chi connectivity index (χ2n) is 6.05. The molecule has 0 radical (unpaired) electrons. The molecule has 0 bridgehead atoms. The fourth-order valence-corrected chi connectivity index (χ4v) is 3.57. The summed E-state index contributed by atoms with van der Waals surface area (Å²) in [6.07, 6.45) is 1.86. The molecule has 0 spiro atoms. The van der Waals surface area contributed by atoms with Crippen LogP contribution < -0.4 is 5.32 Å². The Hall–Kier alpha value is -2.78. The number of nitrogens with zero attached hydrogens (tertiary/aromatic N) is 2. The third-order valence-electron chi connectivity index (χ3n) is 4.23. The molecule has 1 aliphatic heterocycles. The average molecular weight is 436 g/mol. The molecular formula is C19H18ClN3O5S. The highest BCUT2D eigenvalue weighted by Crippen LogP contribution is 2.38. The highest BCUT2D eigenvalue weighted by Gasteiger charge is 2.32. The van der Waals surface area contributed by atoms with Crippen molar-refractivity contribution in [3.63, 3.8) is 0 Å². The van der Waals surface area contributed by atoms with Crippen molar-refractivity contribution in [1.29, 1.82) is 0 Å². The summed E-state index contributed by atoms with van der Waals surface area (Å²) in [4.78, 5) is 27.6. The van der Waals surface area contributed by atoms with Crippen molar-refractivity contribution in [3.8, 4) is 11.3 Å². The van der Waals surface area contributed by atoms with Crippen molar-refractivity contribution in [2.45, 2.75) is 19.9 Å². The van der Waals surface area contributed by atoms with Crippen LogP contribution in [0.5, 0.6) is 0 Å². The number of ether oxygens (including phenoxy) is 1. The molecule has 1 atom stereocenters. The number of nitro benzene ring substituents is 1. The molecule has 0 fully saturated rings. The van der Waals surface area contributed by atoms with Gasteiger partial charge in [-0.3, -0.25) is 10.1 Å².